The maximum absolute atomic E-state index is 6.04. The van der Waals surface area contributed by atoms with Crippen molar-refractivity contribution in [1.82, 2.24) is 9.55 Å². The third kappa shape index (κ3) is 4.44. The fourth-order valence-corrected chi connectivity index (χ4v) is 2.14. The summed E-state index contributed by atoms with van der Waals surface area (Å²) in [7, 11) is 1.66. The minimum atomic E-state index is 0.442. The fourth-order valence-electron chi connectivity index (χ4n) is 2.03. The monoisotopic (exact) mass is 319 g/mol. The molecule has 3 nitrogen and oxygen atoms in total. The first-order valence-corrected chi connectivity index (χ1v) is 8.07. The topological polar surface area (TPSA) is 30.2 Å². The summed E-state index contributed by atoms with van der Waals surface area (Å²) in [6.45, 7) is 16.0. The molecule has 1 aromatic rings. The lowest BCUT2D eigenvalue weighted by Crippen LogP contribution is -2.03. The van der Waals surface area contributed by atoms with Gasteiger partial charge in [-0.05, 0) is 43.9 Å². The molecule has 0 amide bonds. The summed E-state index contributed by atoms with van der Waals surface area (Å²) in [5.74, 6) is 1.46. The summed E-state index contributed by atoms with van der Waals surface area (Å²) in [6.07, 6.45) is 6.32. The van der Waals surface area contributed by atoms with Crippen LogP contribution >= 0.6 is 11.6 Å². The van der Waals surface area contributed by atoms with E-state index in [-0.39, 0.29) is 0 Å². The molecule has 0 aromatic carbocycles. The number of hydrogen-bond acceptors (Lipinski definition) is 2. The summed E-state index contributed by atoms with van der Waals surface area (Å²) >= 11 is 6.04. The second kappa shape index (κ2) is 8.14. The number of aromatic nitrogens is 2. The van der Waals surface area contributed by atoms with Gasteiger partial charge in [0.2, 0.25) is 0 Å². The molecule has 2 rings (SSSR count). The van der Waals surface area contributed by atoms with Crippen molar-refractivity contribution in [1.29, 1.82) is 0 Å². The Balaban J connectivity index is 0.00000116. The van der Waals surface area contributed by atoms with E-state index in [0.717, 1.165) is 28.4 Å². The van der Waals surface area contributed by atoms with Gasteiger partial charge in [0.05, 0.1) is 11.4 Å². The Hall–Kier alpha value is -1.61. The smallest absolute Gasteiger partial charge is 0.139 e. The third-order valence-electron chi connectivity index (χ3n) is 3.27. The zero-order valence-corrected chi connectivity index (χ0v) is 15.0. The molecule has 0 saturated heterocycles. The molecule has 1 fully saturated rings. The molecule has 0 unspecified atom stereocenters. The van der Waals surface area contributed by atoms with E-state index >= 15 is 0 Å². The van der Waals surface area contributed by atoms with E-state index in [1.54, 1.807) is 7.05 Å². The normalized spacial score (nSPS) is 15.2. The Kier molecular flexibility index (Phi) is 6.82. The summed E-state index contributed by atoms with van der Waals surface area (Å²) in [5.41, 5.74) is 3.86. The van der Waals surface area contributed by atoms with E-state index in [9.17, 15) is 0 Å². The Morgan fingerprint density at radius 3 is 2.36 bits per heavy atom. The average molecular weight is 320 g/mol. The van der Waals surface area contributed by atoms with Gasteiger partial charge in [0.25, 0.3) is 0 Å². The Bertz CT molecular complexity index is 616. The van der Waals surface area contributed by atoms with Gasteiger partial charge in [-0.3, -0.25) is 9.56 Å². The number of imidazole rings is 1. The molecule has 0 aliphatic heterocycles. The molecule has 0 atom stereocenters. The van der Waals surface area contributed by atoms with Gasteiger partial charge in [-0.15, -0.1) is 0 Å². The van der Waals surface area contributed by atoms with Crippen LogP contribution in [0.2, 0.25) is 0 Å². The van der Waals surface area contributed by atoms with Crippen molar-refractivity contribution in [3.05, 3.63) is 42.5 Å². The first-order valence-electron chi connectivity index (χ1n) is 7.69. The van der Waals surface area contributed by atoms with E-state index < -0.39 is 0 Å². The first-order chi connectivity index (χ1) is 10.4. The van der Waals surface area contributed by atoms with Gasteiger partial charge in [-0.1, -0.05) is 38.6 Å². The molecular formula is C18H26ClN3. The van der Waals surface area contributed by atoms with Crippen molar-refractivity contribution in [2.75, 3.05) is 7.05 Å². The van der Waals surface area contributed by atoms with Crippen molar-refractivity contribution >= 4 is 28.0 Å². The fraction of sp³-hybridized carbons (Fsp3) is 0.444. The highest BCUT2D eigenvalue weighted by Gasteiger charge is 2.27. The van der Waals surface area contributed by atoms with E-state index in [1.807, 2.05) is 38.3 Å². The van der Waals surface area contributed by atoms with Crippen LogP contribution in [-0.4, -0.2) is 21.8 Å². The summed E-state index contributed by atoms with van der Waals surface area (Å²) < 4.78 is 2.02. The van der Waals surface area contributed by atoms with E-state index in [4.69, 9.17) is 16.6 Å². The zero-order valence-electron chi connectivity index (χ0n) is 14.3. The molecule has 0 N–H and O–H groups in total. The van der Waals surface area contributed by atoms with Gasteiger partial charge in [0.15, 0.2) is 0 Å². The predicted octanol–water partition coefficient (Wildman–Crippen LogP) is 5.50. The minimum absolute atomic E-state index is 0.442. The van der Waals surface area contributed by atoms with Gasteiger partial charge in [0.1, 0.15) is 11.0 Å². The Morgan fingerprint density at radius 2 is 1.95 bits per heavy atom. The molecule has 4 heteroatoms. The molecule has 1 saturated carbocycles. The lowest BCUT2D eigenvalue weighted by Gasteiger charge is -2.11. The summed E-state index contributed by atoms with van der Waals surface area (Å²) in [4.78, 5) is 8.68. The quantitative estimate of drug-likeness (QED) is 0.520. The van der Waals surface area contributed by atoms with Crippen LogP contribution in [0.1, 0.15) is 58.0 Å². The molecule has 1 aromatic heterocycles. The largest absolute Gasteiger partial charge is 0.299 e. The number of nitrogens with zero attached hydrogens (tertiary/aromatic N) is 3. The lowest BCUT2D eigenvalue weighted by molar-refractivity contribution is 1.04. The van der Waals surface area contributed by atoms with E-state index in [1.165, 1.54) is 12.8 Å². The minimum Gasteiger partial charge on any atom is -0.299 e. The van der Waals surface area contributed by atoms with Gasteiger partial charge < -0.3 is 0 Å². The highest BCUT2D eigenvalue weighted by atomic mass is 35.5. The highest BCUT2D eigenvalue weighted by Crippen LogP contribution is 2.40. The van der Waals surface area contributed by atoms with Gasteiger partial charge in [-0.25, -0.2) is 4.98 Å². The predicted molar refractivity (Wildman–Crippen MR) is 98.6 cm³/mol. The first kappa shape index (κ1) is 18.4. The molecular weight excluding hydrogens is 294 g/mol. The van der Waals surface area contributed by atoms with Crippen LogP contribution in [0.4, 0.5) is 0 Å². The van der Waals surface area contributed by atoms with Crippen molar-refractivity contribution in [2.24, 2.45) is 4.99 Å². The van der Waals surface area contributed by atoms with Gasteiger partial charge in [0, 0.05) is 19.2 Å². The van der Waals surface area contributed by atoms with Crippen LogP contribution < -0.4 is 0 Å². The maximum Gasteiger partial charge on any atom is 0.139 e. The van der Waals surface area contributed by atoms with Gasteiger partial charge >= 0.3 is 0 Å². The van der Waals surface area contributed by atoms with Crippen LogP contribution in [0.25, 0.3) is 11.3 Å². The second-order valence-electron chi connectivity index (χ2n) is 5.27. The lowest BCUT2D eigenvalue weighted by atomic mass is 10.2. The van der Waals surface area contributed by atoms with Crippen LogP contribution in [0.15, 0.2) is 36.0 Å². The Morgan fingerprint density at radius 1 is 1.36 bits per heavy atom. The maximum atomic E-state index is 6.04. The highest BCUT2D eigenvalue weighted by molar-refractivity contribution is 6.68. The van der Waals surface area contributed by atoms with Crippen LogP contribution in [0.3, 0.4) is 0 Å². The molecule has 1 aliphatic rings. The number of hydrogen-bond donors (Lipinski definition) is 0. The number of allylic oxidation sites excluding steroid dienone is 4. The molecule has 22 heavy (non-hydrogen) atoms. The summed E-state index contributed by atoms with van der Waals surface area (Å²) in [5, 5.41) is 0.442. The SMILES string of the molecule is C=C(C)/C(=C\C(Cl)=NC)n1cc(C2CC2)nc1C(=C)C.CC. The second-order valence-corrected chi connectivity index (χ2v) is 5.66. The zero-order chi connectivity index (χ0) is 16.9. The van der Waals surface area contributed by atoms with Crippen LogP contribution in [0, 0.1) is 0 Å². The number of halogens is 1. The summed E-state index contributed by atoms with van der Waals surface area (Å²) in [6, 6.07) is 0. The standard InChI is InChI=1S/C16H20ClN3.C2H6/c1-10(2)14(8-15(17)18-5)20-9-13(12-6-7-12)19-16(20)11(3)4;1-2/h8-9,12H,1,3,6-7H2,2,4-5H3;1-2H3/b14-8+,18-15?;. The molecule has 0 spiro atoms. The van der Waals surface area contributed by atoms with Crippen LogP contribution in [0.5, 0.6) is 0 Å². The van der Waals surface area contributed by atoms with Crippen molar-refractivity contribution in [3.8, 4) is 0 Å². The van der Waals surface area contributed by atoms with E-state index in [2.05, 4.69) is 24.3 Å². The molecule has 1 heterocycles. The van der Waals surface area contributed by atoms with Crippen molar-refractivity contribution in [2.45, 2.75) is 46.5 Å². The Labute approximate surface area is 139 Å². The van der Waals surface area contributed by atoms with Crippen molar-refractivity contribution in [3.63, 3.8) is 0 Å². The average Bonchev–Trinajstić information content (AvgIpc) is 3.25. The van der Waals surface area contributed by atoms with Crippen LogP contribution in [-0.2, 0) is 0 Å². The number of rotatable bonds is 5. The molecule has 0 radical (unpaired) electrons. The molecule has 0 bridgehead atoms. The number of aliphatic imine (C=N–C) groups is 1. The van der Waals surface area contributed by atoms with Crippen molar-refractivity contribution < 1.29 is 0 Å². The molecule has 120 valence electrons. The molecule has 1 aliphatic carbocycles. The van der Waals surface area contributed by atoms with Gasteiger partial charge in [-0.2, -0.15) is 0 Å². The third-order valence-corrected chi connectivity index (χ3v) is 3.55. The van der Waals surface area contributed by atoms with E-state index in [0.29, 0.717) is 11.1 Å².